The molecule has 4 heterocycles. The summed E-state index contributed by atoms with van der Waals surface area (Å²) < 4.78 is 7.47. The molecule has 5 rings (SSSR count). The van der Waals surface area contributed by atoms with Crippen molar-refractivity contribution in [3.8, 4) is 0 Å². The lowest BCUT2D eigenvalue weighted by molar-refractivity contribution is 0.0628. The minimum absolute atomic E-state index is 0.132. The molecule has 3 aromatic heterocycles. The molecule has 0 radical (unpaired) electrons. The van der Waals surface area contributed by atoms with Crippen LogP contribution in [-0.4, -0.2) is 48.5 Å². The van der Waals surface area contributed by atoms with Crippen LogP contribution < -0.4 is 0 Å². The van der Waals surface area contributed by atoms with E-state index in [1.165, 1.54) is 6.33 Å². The van der Waals surface area contributed by atoms with Gasteiger partial charge in [-0.1, -0.05) is 19.1 Å². The molecule has 2 atom stereocenters. The molecule has 1 saturated heterocycles. The fourth-order valence-corrected chi connectivity index (χ4v) is 3.96. The number of aryl methyl sites for hydroxylation is 1. The molecule has 28 heavy (non-hydrogen) atoms. The highest BCUT2D eigenvalue weighted by molar-refractivity contribution is 5.92. The molecule has 0 N–H and O–H groups in total. The number of nitrogens with zero attached hydrogens (tertiary/aromatic N) is 6. The van der Waals surface area contributed by atoms with Gasteiger partial charge in [0.05, 0.1) is 5.69 Å². The van der Waals surface area contributed by atoms with Crippen molar-refractivity contribution in [1.29, 1.82) is 0 Å². The minimum Gasteiger partial charge on any atom is -0.432 e. The first-order chi connectivity index (χ1) is 13.6. The molecular formula is C20H20N6O2. The number of carbonyl (C=O) groups is 1. The van der Waals surface area contributed by atoms with Crippen molar-refractivity contribution in [3.63, 3.8) is 0 Å². The molecule has 8 nitrogen and oxygen atoms in total. The van der Waals surface area contributed by atoms with Crippen LogP contribution in [0.3, 0.4) is 0 Å². The summed E-state index contributed by atoms with van der Waals surface area (Å²) in [7, 11) is 0. The third-order valence-corrected chi connectivity index (χ3v) is 5.51. The first kappa shape index (κ1) is 16.9. The number of hydrogen-bond donors (Lipinski definition) is 0. The van der Waals surface area contributed by atoms with E-state index < -0.39 is 0 Å². The standard InChI is InChI=1S/C20H20N6O2/c1-12-7-8-25(19(27)18-24-15-5-3-4-6-17(15)28-18)10-14(12)16-9-13(2)23-20-21-11-22-26(16)20/h3-6,9,11-12,14H,7-8,10H2,1-2H3/t12-,14-/m1/s1. The molecule has 0 unspecified atom stereocenters. The van der Waals surface area contributed by atoms with Crippen LogP contribution >= 0.6 is 0 Å². The summed E-state index contributed by atoms with van der Waals surface area (Å²) in [5, 5.41) is 4.34. The van der Waals surface area contributed by atoms with Gasteiger partial charge in [-0.2, -0.15) is 10.1 Å². The van der Waals surface area contributed by atoms with Crippen LogP contribution in [0.4, 0.5) is 0 Å². The predicted octanol–water partition coefficient (Wildman–Crippen LogP) is 2.84. The van der Waals surface area contributed by atoms with Gasteiger partial charge in [-0.05, 0) is 37.5 Å². The summed E-state index contributed by atoms with van der Waals surface area (Å²) in [6, 6.07) is 9.46. The number of carbonyl (C=O) groups excluding carboxylic acids is 1. The van der Waals surface area contributed by atoms with Crippen molar-refractivity contribution in [2.24, 2.45) is 5.92 Å². The van der Waals surface area contributed by atoms with Gasteiger partial charge in [-0.25, -0.2) is 14.5 Å². The lowest BCUT2D eigenvalue weighted by Gasteiger charge is -2.36. The third kappa shape index (κ3) is 2.72. The third-order valence-electron chi connectivity index (χ3n) is 5.51. The van der Waals surface area contributed by atoms with Gasteiger partial charge in [0.25, 0.3) is 11.7 Å². The number of aromatic nitrogens is 5. The summed E-state index contributed by atoms with van der Waals surface area (Å²) in [4.78, 5) is 27.9. The lowest BCUT2D eigenvalue weighted by Crippen LogP contribution is -2.42. The van der Waals surface area contributed by atoms with Crippen LogP contribution in [-0.2, 0) is 0 Å². The van der Waals surface area contributed by atoms with Gasteiger partial charge in [0.2, 0.25) is 0 Å². The largest absolute Gasteiger partial charge is 0.432 e. The van der Waals surface area contributed by atoms with Crippen molar-refractivity contribution < 1.29 is 9.21 Å². The molecule has 8 heteroatoms. The van der Waals surface area contributed by atoms with E-state index in [2.05, 4.69) is 27.0 Å². The van der Waals surface area contributed by atoms with Gasteiger partial charge < -0.3 is 9.32 Å². The van der Waals surface area contributed by atoms with Crippen LogP contribution in [0.25, 0.3) is 16.9 Å². The maximum atomic E-state index is 13.1. The first-order valence-electron chi connectivity index (χ1n) is 9.42. The number of oxazole rings is 1. The quantitative estimate of drug-likeness (QED) is 0.534. The smallest absolute Gasteiger partial charge is 0.309 e. The molecule has 1 aromatic carbocycles. The van der Waals surface area contributed by atoms with E-state index in [1.54, 1.807) is 4.52 Å². The summed E-state index contributed by atoms with van der Waals surface area (Å²) in [5.74, 6) is 1.10. The second-order valence-electron chi connectivity index (χ2n) is 7.40. The SMILES string of the molecule is Cc1cc([C@@H]2CN(C(=O)c3nc4ccccc4o3)CC[C@H]2C)n2ncnc2n1. The van der Waals surface area contributed by atoms with Crippen molar-refractivity contribution in [2.45, 2.75) is 26.2 Å². The van der Waals surface area contributed by atoms with Gasteiger partial charge in [0.15, 0.2) is 5.58 Å². The van der Waals surface area contributed by atoms with Crippen LogP contribution in [0, 0.1) is 12.8 Å². The Labute approximate surface area is 161 Å². The maximum absolute atomic E-state index is 13.1. The molecule has 1 fully saturated rings. The number of para-hydroxylation sites is 2. The molecule has 0 saturated carbocycles. The van der Waals surface area contributed by atoms with Gasteiger partial charge >= 0.3 is 5.91 Å². The molecule has 0 spiro atoms. The summed E-state index contributed by atoms with van der Waals surface area (Å²) in [5.41, 5.74) is 3.25. The van der Waals surface area contributed by atoms with Gasteiger partial charge in [-0.15, -0.1) is 0 Å². The molecule has 1 aliphatic heterocycles. The zero-order valence-corrected chi connectivity index (χ0v) is 15.7. The molecule has 142 valence electrons. The van der Waals surface area contributed by atoms with Crippen LogP contribution in [0.15, 0.2) is 41.1 Å². The highest BCUT2D eigenvalue weighted by atomic mass is 16.4. The maximum Gasteiger partial charge on any atom is 0.309 e. The monoisotopic (exact) mass is 376 g/mol. The number of hydrogen-bond acceptors (Lipinski definition) is 6. The molecular weight excluding hydrogens is 356 g/mol. The van der Waals surface area contributed by atoms with Crippen molar-refractivity contribution in [2.75, 3.05) is 13.1 Å². The second kappa shape index (κ2) is 6.40. The Balaban J connectivity index is 1.47. The van der Waals surface area contributed by atoms with E-state index in [0.29, 0.717) is 35.9 Å². The predicted molar refractivity (Wildman–Crippen MR) is 102 cm³/mol. The fraction of sp³-hybridized carbons (Fsp3) is 0.350. The first-order valence-corrected chi connectivity index (χ1v) is 9.42. The van der Waals surface area contributed by atoms with Crippen LogP contribution in [0.2, 0.25) is 0 Å². The number of amides is 1. The van der Waals surface area contributed by atoms with Crippen molar-refractivity contribution in [3.05, 3.63) is 53.9 Å². The van der Waals surface area contributed by atoms with E-state index in [0.717, 1.165) is 17.8 Å². The zero-order chi connectivity index (χ0) is 19.3. The molecule has 4 aromatic rings. The van der Waals surface area contributed by atoms with Gasteiger partial charge in [0.1, 0.15) is 11.8 Å². The Morgan fingerprint density at radius 3 is 2.96 bits per heavy atom. The van der Waals surface area contributed by atoms with Crippen molar-refractivity contribution in [1.82, 2.24) is 29.5 Å². The lowest BCUT2D eigenvalue weighted by atomic mass is 9.84. The minimum atomic E-state index is -0.172. The normalized spacial score (nSPS) is 20.1. The Hall–Kier alpha value is -3.29. The van der Waals surface area contributed by atoms with Gasteiger partial charge in [0, 0.05) is 24.7 Å². The Morgan fingerprint density at radius 2 is 2.11 bits per heavy atom. The number of rotatable bonds is 2. The number of benzene rings is 1. The number of piperidine rings is 1. The number of likely N-dealkylation sites (tertiary alicyclic amines) is 1. The van der Waals surface area contributed by atoms with E-state index in [9.17, 15) is 4.79 Å². The Kier molecular flexibility index (Phi) is 3.85. The molecule has 1 aliphatic rings. The molecule has 0 bridgehead atoms. The Bertz CT molecular complexity index is 1150. The molecule has 0 aliphatic carbocycles. The van der Waals surface area contributed by atoms with E-state index in [1.807, 2.05) is 42.2 Å². The Morgan fingerprint density at radius 1 is 1.25 bits per heavy atom. The van der Waals surface area contributed by atoms with E-state index >= 15 is 0 Å². The van der Waals surface area contributed by atoms with Gasteiger partial charge in [-0.3, -0.25) is 4.79 Å². The second-order valence-corrected chi connectivity index (χ2v) is 7.40. The highest BCUT2D eigenvalue weighted by Crippen LogP contribution is 2.33. The summed E-state index contributed by atoms with van der Waals surface area (Å²) >= 11 is 0. The van der Waals surface area contributed by atoms with E-state index in [-0.39, 0.29) is 17.7 Å². The van der Waals surface area contributed by atoms with Crippen molar-refractivity contribution >= 4 is 22.8 Å². The summed E-state index contributed by atoms with van der Waals surface area (Å²) in [6.07, 6.45) is 2.41. The van der Waals surface area contributed by atoms with Crippen LogP contribution in [0.1, 0.15) is 41.3 Å². The molecule has 1 amide bonds. The fourth-order valence-electron chi connectivity index (χ4n) is 3.96. The average molecular weight is 376 g/mol. The average Bonchev–Trinajstić information content (AvgIpc) is 3.33. The summed E-state index contributed by atoms with van der Waals surface area (Å²) in [6.45, 7) is 5.42. The van der Waals surface area contributed by atoms with Crippen LogP contribution in [0.5, 0.6) is 0 Å². The van der Waals surface area contributed by atoms with E-state index in [4.69, 9.17) is 4.42 Å². The topological polar surface area (TPSA) is 89.4 Å². The number of fused-ring (bicyclic) bond motifs is 2. The highest BCUT2D eigenvalue weighted by Gasteiger charge is 2.34. The zero-order valence-electron chi connectivity index (χ0n) is 15.7.